The Kier molecular flexibility index (Phi) is 3.39. The molecule has 1 N–H and O–H groups in total. The van der Waals surface area contributed by atoms with Crippen LogP contribution in [0.5, 0.6) is 0 Å². The lowest BCUT2D eigenvalue weighted by atomic mass is 9.96. The summed E-state index contributed by atoms with van der Waals surface area (Å²) in [5.41, 5.74) is 0. The van der Waals surface area contributed by atoms with Gasteiger partial charge in [-0.25, -0.2) is 9.97 Å². The third-order valence-electron chi connectivity index (χ3n) is 3.41. The van der Waals surface area contributed by atoms with Gasteiger partial charge in [0, 0.05) is 16.3 Å². The maximum absolute atomic E-state index is 6.21. The van der Waals surface area contributed by atoms with E-state index in [4.69, 9.17) is 11.6 Å². The highest BCUT2D eigenvalue weighted by Gasteiger charge is 2.15. The van der Waals surface area contributed by atoms with Crippen molar-refractivity contribution in [2.24, 2.45) is 0 Å². The average molecular weight is 282 g/mol. The van der Waals surface area contributed by atoms with Gasteiger partial charge in [0.25, 0.3) is 0 Å². The fourth-order valence-electron chi connectivity index (χ4n) is 2.50. The van der Waals surface area contributed by atoms with E-state index in [9.17, 15) is 0 Å². The Morgan fingerprint density at radius 2 is 2.06 bits per heavy atom. The smallest absolute Gasteiger partial charge is 0.225 e. The number of fused-ring (bicyclic) bond motifs is 1. The van der Waals surface area contributed by atoms with Crippen molar-refractivity contribution >= 4 is 39.1 Å². The zero-order chi connectivity index (χ0) is 12.5. The van der Waals surface area contributed by atoms with Crippen molar-refractivity contribution in [3.05, 3.63) is 16.1 Å². The Labute approximate surface area is 116 Å². The van der Waals surface area contributed by atoms with Crippen LogP contribution < -0.4 is 5.32 Å². The molecule has 1 aliphatic carbocycles. The van der Waals surface area contributed by atoms with Gasteiger partial charge < -0.3 is 5.32 Å². The van der Waals surface area contributed by atoms with E-state index in [0.29, 0.717) is 17.1 Å². The lowest BCUT2D eigenvalue weighted by Gasteiger charge is -2.22. The Morgan fingerprint density at radius 3 is 2.83 bits per heavy atom. The molecular formula is C13H16ClN3S. The summed E-state index contributed by atoms with van der Waals surface area (Å²) in [6, 6.07) is 2.56. The summed E-state index contributed by atoms with van der Waals surface area (Å²) in [6.45, 7) is 2.07. The topological polar surface area (TPSA) is 37.8 Å². The van der Waals surface area contributed by atoms with Crippen LogP contribution in [0.1, 0.15) is 37.0 Å². The molecule has 0 aliphatic heterocycles. The molecule has 0 amide bonds. The van der Waals surface area contributed by atoms with Gasteiger partial charge in [0.2, 0.25) is 5.95 Å². The van der Waals surface area contributed by atoms with Gasteiger partial charge in [0.05, 0.1) is 0 Å². The maximum Gasteiger partial charge on any atom is 0.225 e. The second kappa shape index (κ2) is 5.02. The second-order valence-corrected chi connectivity index (χ2v) is 6.49. The molecule has 0 aromatic carbocycles. The first kappa shape index (κ1) is 12.2. The molecule has 1 saturated carbocycles. The number of halogens is 1. The van der Waals surface area contributed by atoms with Crippen molar-refractivity contribution in [2.75, 3.05) is 5.32 Å². The molecule has 18 heavy (non-hydrogen) atoms. The molecule has 0 atom stereocenters. The summed E-state index contributed by atoms with van der Waals surface area (Å²) in [7, 11) is 0. The summed E-state index contributed by atoms with van der Waals surface area (Å²) < 4.78 is 0. The van der Waals surface area contributed by atoms with Crippen molar-refractivity contribution in [1.82, 2.24) is 9.97 Å². The summed E-state index contributed by atoms with van der Waals surface area (Å²) in [6.07, 6.45) is 6.37. The maximum atomic E-state index is 6.21. The molecule has 0 bridgehead atoms. The SMILES string of the molecule is Cc1cc2c(Cl)nc(NC3CCCCC3)nc2s1. The van der Waals surface area contributed by atoms with Crippen LogP contribution in [0.15, 0.2) is 6.07 Å². The number of nitrogens with zero attached hydrogens (tertiary/aromatic N) is 2. The first-order valence-corrected chi connectivity index (χ1v) is 7.62. The van der Waals surface area contributed by atoms with Gasteiger partial charge in [-0.2, -0.15) is 0 Å². The fraction of sp³-hybridized carbons (Fsp3) is 0.538. The van der Waals surface area contributed by atoms with Crippen LogP contribution in [0, 0.1) is 6.92 Å². The van der Waals surface area contributed by atoms with E-state index in [0.717, 1.165) is 10.2 Å². The minimum atomic E-state index is 0.508. The van der Waals surface area contributed by atoms with Crippen LogP contribution >= 0.6 is 22.9 Å². The Morgan fingerprint density at radius 1 is 1.28 bits per heavy atom. The summed E-state index contributed by atoms with van der Waals surface area (Å²) in [5, 5.41) is 4.95. The quantitative estimate of drug-likeness (QED) is 0.829. The number of nitrogens with one attached hydrogen (secondary N) is 1. The predicted molar refractivity (Wildman–Crippen MR) is 77.7 cm³/mol. The van der Waals surface area contributed by atoms with Crippen molar-refractivity contribution in [1.29, 1.82) is 0 Å². The van der Waals surface area contributed by atoms with Crippen LogP contribution in [0.4, 0.5) is 5.95 Å². The van der Waals surface area contributed by atoms with Gasteiger partial charge in [0.1, 0.15) is 9.98 Å². The van der Waals surface area contributed by atoms with E-state index in [1.807, 2.05) is 6.07 Å². The van der Waals surface area contributed by atoms with Gasteiger partial charge in [-0.15, -0.1) is 11.3 Å². The molecule has 2 aromatic rings. The molecule has 5 heteroatoms. The molecule has 2 aromatic heterocycles. The monoisotopic (exact) mass is 281 g/mol. The van der Waals surface area contributed by atoms with Crippen LogP contribution in [0.2, 0.25) is 5.15 Å². The lowest BCUT2D eigenvalue weighted by molar-refractivity contribution is 0.461. The zero-order valence-corrected chi connectivity index (χ0v) is 11.9. The van der Waals surface area contributed by atoms with Crippen LogP contribution in [-0.2, 0) is 0 Å². The zero-order valence-electron chi connectivity index (χ0n) is 10.4. The van der Waals surface area contributed by atoms with Crippen LogP contribution in [0.25, 0.3) is 10.2 Å². The first-order chi connectivity index (χ1) is 8.72. The molecule has 0 unspecified atom stereocenters. The number of hydrogen-bond acceptors (Lipinski definition) is 4. The van der Waals surface area contributed by atoms with Gasteiger partial charge in [0.15, 0.2) is 0 Å². The third-order valence-corrected chi connectivity index (χ3v) is 4.64. The highest BCUT2D eigenvalue weighted by molar-refractivity contribution is 7.18. The minimum Gasteiger partial charge on any atom is -0.351 e. The van der Waals surface area contributed by atoms with E-state index < -0.39 is 0 Å². The molecule has 0 radical (unpaired) electrons. The average Bonchev–Trinajstić information content (AvgIpc) is 2.72. The molecule has 1 fully saturated rings. The fourth-order valence-corrected chi connectivity index (χ4v) is 3.66. The molecule has 96 valence electrons. The molecule has 3 rings (SSSR count). The normalized spacial score (nSPS) is 17.2. The molecule has 0 saturated heterocycles. The second-order valence-electron chi connectivity index (χ2n) is 4.89. The number of hydrogen-bond donors (Lipinski definition) is 1. The highest BCUT2D eigenvalue weighted by atomic mass is 35.5. The van der Waals surface area contributed by atoms with Crippen molar-refractivity contribution < 1.29 is 0 Å². The summed E-state index contributed by atoms with van der Waals surface area (Å²) in [4.78, 5) is 11.1. The van der Waals surface area contributed by atoms with E-state index in [-0.39, 0.29) is 0 Å². The largest absolute Gasteiger partial charge is 0.351 e. The third kappa shape index (κ3) is 2.45. The number of thiophene rings is 1. The highest BCUT2D eigenvalue weighted by Crippen LogP contribution is 2.30. The van der Waals surface area contributed by atoms with Crippen LogP contribution in [0.3, 0.4) is 0 Å². The number of aryl methyl sites for hydroxylation is 1. The summed E-state index contributed by atoms with van der Waals surface area (Å²) in [5.74, 6) is 0.682. The summed E-state index contributed by atoms with van der Waals surface area (Å²) >= 11 is 7.88. The van der Waals surface area contributed by atoms with Gasteiger partial charge >= 0.3 is 0 Å². The lowest BCUT2D eigenvalue weighted by Crippen LogP contribution is -2.23. The minimum absolute atomic E-state index is 0.508. The number of anilines is 1. The van der Waals surface area contributed by atoms with E-state index in [1.165, 1.54) is 37.0 Å². The number of aromatic nitrogens is 2. The van der Waals surface area contributed by atoms with Gasteiger partial charge in [-0.3, -0.25) is 0 Å². The molecule has 1 aliphatic rings. The van der Waals surface area contributed by atoms with Crippen molar-refractivity contribution in [2.45, 2.75) is 45.1 Å². The molecule has 0 spiro atoms. The number of rotatable bonds is 2. The Hall–Kier alpha value is -0.870. The standard InChI is InChI=1S/C13H16ClN3S/c1-8-7-10-11(14)16-13(17-12(10)18-8)15-9-5-3-2-4-6-9/h7,9H,2-6H2,1H3,(H,15,16,17). The first-order valence-electron chi connectivity index (χ1n) is 6.42. The van der Waals surface area contributed by atoms with Crippen molar-refractivity contribution in [3.63, 3.8) is 0 Å². The predicted octanol–water partition coefficient (Wildman–Crippen LogP) is 4.40. The molecule has 3 nitrogen and oxygen atoms in total. The Bertz CT molecular complexity index is 561. The van der Waals surface area contributed by atoms with E-state index in [2.05, 4.69) is 22.2 Å². The van der Waals surface area contributed by atoms with Gasteiger partial charge in [-0.05, 0) is 25.8 Å². The molecule has 2 heterocycles. The Balaban J connectivity index is 1.87. The van der Waals surface area contributed by atoms with Crippen molar-refractivity contribution in [3.8, 4) is 0 Å². The van der Waals surface area contributed by atoms with Gasteiger partial charge in [-0.1, -0.05) is 30.9 Å². The van der Waals surface area contributed by atoms with E-state index in [1.54, 1.807) is 11.3 Å². The molecular weight excluding hydrogens is 266 g/mol. The van der Waals surface area contributed by atoms with E-state index >= 15 is 0 Å². The van der Waals surface area contributed by atoms with Crippen LogP contribution in [-0.4, -0.2) is 16.0 Å².